The molecule has 0 N–H and O–H groups in total. The number of nitrogens with zero attached hydrogens (tertiary/aromatic N) is 1. The second-order valence-electron chi connectivity index (χ2n) is 8.20. The van der Waals surface area contributed by atoms with Gasteiger partial charge in [0.25, 0.3) is 0 Å². The first-order valence-electron chi connectivity index (χ1n) is 10.6. The highest BCUT2D eigenvalue weighted by molar-refractivity contribution is 6.01. The van der Waals surface area contributed by atoms with Crippen LogP contribution in [0.1, 0.15) is 34.0 Å². The fraction of sp³-hybridized carbons (Fsp3) is 0.222. The van der Waals surface area contributed by atoms with E-state index in [0.717, 1.165) is 16.7 Å². The van der Waals surface area contributed by atoms with Crippen molar-refractivity contribution in [1.29, 1.82) is 0 Å². The van der Waals surface area contributed by atoms with Crippen molar-refractivity contribution >= 4 is 33.6 Å². The fourth-order valence-corrected chi connectivity index (χ4v) is 4.11. The number of esters is 1. The number of para-hydroxylation sites is 2. The largest absolute Gasteiger partial charge is 0.453 e. The lowest BCUT2D eigenvalue weighted by Crippen LogP contribution is -2.27. The van der Waals surface area contributed by atoms with E-state index in [-0.39, 0.29) is 17.8 Å². The van der Waals surface area contributed by atoms with Crippen LogP contribution in [0.4, 0.5) is 0 Å². The van der Waals surface area contributed by atoms with Crippen LogP contribution in [-0.4, -0.2) is 22.4 Å². The Morgan fingerprint density at radius 3 is 1.97 bits per heavy atom. The maximum absolute atomic E-state index is 13.0. The van der Waals surface area contributed by atoms with Crippen molar-refractivity contribution < 1.29 is 14.3 Å². The van der Waals surface area contributed by atoms with Gasteiger partial charge in [0.15, 0.2) is 11.5 Å². The third kappa shape index (κ3) is 3.82. The molecule has 0 fully saturated rings. The molecule has 0 aliphatic carbocycles. The zero-order valence-corrected chi connectivity index (χ0v) is 18.6. The quantitative estimate of drug-likeness (QED) is 0.258. The summed E-state index contributed by atoms with van der Waals surface area (Å²) in [4.78, 5) is 38.7. The van der Waals surface area contributed by atoms with Crippen molar-refractivity contribution in [3.8, 4) is 0 Å². The van der Waals surface area contributed by atoms with Crippen LogP contribution in [-0.2, 0) is 16.1 Å². The summed E-state index contributed by atoms with van der Waals surface area (Å²) in [6.45, 7) is 7.32. The number of aryl methyl sites for hydroxylation is 3. The Labute approximate surface area is 186 Å². The Balaban J connectivity index is 1.65. The number of hydrogen-bond donors (Lipinski definition) is 0. The summed E-state index contributed by atoms with van der Waals surface area (Å²) in [7, 11) is 0. The van der Waals surface area contributed by atoms with Crippen molar-refractivity contribution in [3.05, 3.63) is 93.1 Å². The minimum absolute atomic E-state index is 0.0745. The summed E-state index contributed by atoms with van der Waals surface area (Å²) >= 11 is 0. The lowest BCUT2D eigenvalue weighted by Gasteiger charge is -2.18. The highest BCUT2D eigenvalue weighted by atomic mass is 16.5. The van der Waals surface area contributed by atoms with Crippen molar-refractivity contribution in [1.82, 2.24) is 4.57 Å². The van der Waals surface area contributed by atoms with E-state index in [4.69, 9.17) is 4.74 Å². The molecule has 0 aliphatic heterocycles. The Kier molecular flexibility index (Phi) is 5.66. The summed E-state index contributed by atoms with van der Waals surface area (Å²) in [6, 6.07) is 18.2. The Morgan fingerprint density at radius 1 is 0.844 bits per heavy atom. The molecule has 0 spiro atoms. The summed E-state index contributed by atoms with van der Waals surface area (Å²) in [5.41, 5.74) is 4.78. The fourth-order valence-electron chi connectivity index (χ4n) is 4.11. The molecule has 1 atom stereocenters. The van der Waals surface area contributed by atoms with Crippen molar-refractivity contribution in [2.45, 2.75) is 40.3 Å². The number of hydrogen-bond acceptors (Lipinski definition) is 4. The molecular weight excluding hydrogens is 402 g/mol. The number of pyridine rings is 1. The van der Waals surface area contributed by atoms with Crippen LogP contribution in [0.2, 0.25) is 0 Å². The van der Waals surface area contributed by atoms with Crippen LogP contribution in [0.25, 0.3) is 21.8 Å². The molecule has 0 bridgehead atoms. The first-order valence-corrected chi connectivity index (χ1v) is 10.6. The lowest BCUT2D eigenvalue weighted by molar-refractivity contribution is -0.146. The lowest BCUT2D eigenvalue weighted by atomic mass is 9.96. The Hall–Kier alpha value is -3.73. The molecule has 4 aromatic rings. The summed E-state index contributed by atoms with van der Waals surface area (Å²) < 4.78 is 7.31. The maximum Gasteiger partial charge on any atom is 0.326 e. The summed E-state index contributed by atoms with van der Waals surface area (Å²) in [5, 5.41) is 1.07. The number of fused-ring (bicyclic) bond motifs is 2. The Morgan fingerprint density at radius 2 is 1.38 bits per heavy atom. The summed E-state index contributed by atoms with van der Waals surface area (Å²) in [6.07, 6.45) is -0.916. The molecule has 1 heterocycles. The Bertz CT molecular complexity index is 1370. The van der Waals surface area contributed by atoms with Crippen LogP contribution < -0.4 is 5.43 Å². The maximum atomic E-state index is 13.0. The third-order valence-corrected chi connectivity index (χ3v) is 5.95. The van der Waals surface area contributed by atoms with Gasteiger partial charge in [-0.05, 0) is 74.7 Å². The van der Waals surface area contributed by atoms with Gasteiger partial charge in [-0.25, -0.2) is 0 Å². The van der Waals surface area contributed by atoms with E-state index in [0.29, 0.717) is 27.4 Å². The molecule has 4 rings (SSSR count). The van der Waals surface area contributed by atoms with Crippen LogP contribution in [0.3, 0.4) is 0 Å². The normalized spacial score (nSPS) is 12.1. The van der Waals surface area contributed by atoms with E-state index >= 15 is 0 Å². The van der Waals surface area contributed by atoms with Crippen LogP contribution in [0.5, 0.6) is 0 Å². The van der Waals surface area contributed by atoms with Crippen molar-refractivity contribution in [3.63, 3.8) is 0 Å². The van der Waals surface area contributed by atoms with E-state index in [2.05, 4.69) is 0 Å². The van der Waals surface area contributed by atoms with E-state index in [9.17, 15) is 14.4 Å². The average Bonchev–Trinajstić information content (AvgIpc) is 2.78. The zero-order chi connectivity index (χ0) is 23.0. The van der Waals surface area contributed by atoms with Gasteiger partial charge in [0.2, 0.25) is 5.78 Å². The van der Waals surface area contributed by atoms with E-state index in [1.165, 1.54) is 0 Å². The summed E-state index contributed by atoms with van der Waals surface area (Å²) in [5.74, 6) is -0.764. The first-order chi connectivity index (χ1) is 15.3. The molecule has 0 saturated heterocycles. The number of benzene rings is 3. The van der Waals surface area contributed by atoms with Gasteiger partial charge in [0.1, 0.15) is 6.54 Å². The van der Waals surface area contributed by atoms with Gasteiger partial charge in [0, 0.05) is 16.3 Å². The second kappa shape index (κ2) is 8.42. The van der Waals surface area contributed by atoms with Crippen LogP contribution in [0, 0.1) is 20.8 Å². The number of ketones is 1. The van der Waals surface area contributed by atoms with Gasteiger partial charge >= 0.3 is 5.97 Å². The highest BCUT2D eigenvalue weighted by Crippen LogP contribution is 2.21. The van der Waals surface area contributed by atoms with Gasteiger partial charge in [-0.1, -0.05) is 30.3 Å². The molecule has 1 aromatic heterocycles. The third-order valence-electron chi connectivity index (χ3n) is 5.95. The molecule has 162 valence electrons. The number of rotatable bonds is 5. The van der Waals surface area contributed by atoms with Gasteiger partial charge in [-0.2, -0.15) is 0 Å². The number of carbonyl (C=O) groups is 2. The molecule has 0 amide bonds. The molecule has 0 aliphatic rings. The topological polar surface area (TPSA) is 65.4 Å². The van der Waals surface area contributed by atoms with Gasteiger partial charge in [0.05, 0.1) is 11.0 Å². The predicted molar refractivity (Wildman–Crippen MR) is 126 cm³/mol. The molecule has 5 heteroatoms. The van der Waals surface area contributed by atoms with E-state index in [1.54, 1.807) is 35.8 Å². The van der Waals surface area contributed by atoms with Crippen LogP contribution >= 0.6 is 0 Å². The molecule has 32 heavy (non-hydrogen) atoms. The number of aromatic nitrogens is 1. The molecular formula is C27H25NO4. The van der Waals surface area contributed by atoms with Crippen LogP contribution in [0.15, 0.2) is 65.5 Å². The SMILES string of the molecule is Cc1cc(C)c(C(=O)[C@H](C)OC(=O)Cn2c3ccccc3c(=O)c3ccccc32)cc1C. The average molecular weight is 428 g/mol. The number of carbonyl (C=O) groups excluding carboxylic acids is 2. The standard InChI is InChI=1S/C27H25NO4/c1-16-13-18(3)22(14-17(16)2)26(30)19(4)32-25(29)15-28-23-11-7-5-9-20(23)27(31)21-10-6-8-12-24(21)28/h5-14,19H,15H2,1-4H3/t19-/m0/s1. The van der Waals surface area contributed by atoms with Crippen molar-refractivity contribution in [2.24, 2.45) is 0 Å². The zero-order valence-electron chi connectivity index (χ0n) is 18.6. The minimum Gasteiger partial charge on any atom is -0.453 e. The molecule has 5 nitrogen and oxygen atoms in total. The van der Waals surface area contributed by atoms with E-state index in [1.807, 2.05) is 57.2 Å². The highest BCUT2D eigenvalue weighted by Gasteiger charge is 2.22. The molecule has 3 aromatic carbocycles. The minimum atomic E-state index is -0.916. The van der Waals surface area contributed by atoms with Gasteiger partial charge < -0.3 is 9.30 Å². The predicted octanol–water partition coefficient (Wildman–Crippen LogP) is 4.89. The first kappa shape index (κ1) is 21.5. The second-order valence-corrected chi connectivity index (χ2v) is 8.20. The number of Topliss-reactive ketones (excluding diaryl/α,β-unsaturated/α-hetero) is 1. The molecule has 0 radical (unpaired) electrons. The monoisotopic (exact) mass is 427 g/mol. The molecule has 0 unspecified atom stereocenters. The van der Waals surface area contributed by atoms with Gasteiger partial charge in [-0.3, -0.25) is 14.4 Å². The van der Waals surface area contributed by atoms with Crippen molar-refractivity contribution in [2.75, 3.05) is 0 Å². The van der Waals surface area contributed by atoms with Gasteiger partial charge in [-0.15, -0.1) is 0 Å². The number of ether oxygens (including phenoxy) is 1. The smallest absolute Gasteiger partial charge is 0.326 e. The van der Waals surface area contributed by atoms with E-state index < -0.39 is 12.1 Å². The molecule has 0 saturated carbocycles.